The number of carbonyl (C=O) groups excluding carboxylic acids is 1. The topological polar surface area (TPSA) is 46.5 Å². The Morgan fingerprint density at radius 1 is 1.25 bits per heavy atom. The summed E-state index contributed by atoms with van der Waals surface area (Å²) in [6, 6.07) is 10.2. The molecule has 5 heteroatoms. The Kier molecular flexibility index (Phi) is 4.39. The minimum absolute atomic E-state index is 0.0772. The average Bonchev–Trinajstić information content (AvgIpc) is 2.42. The molecule has 2 aromatic carbocycles. The molecule has 0 bridgehead atoms. The van der Waals surface area contributed by atoms with Gasteiger partial charge in [0.1, 0.15) is 23.2 Å². The number of halogens is 2. The van der Waals surface area contributed by atoms with E-state index >= 15 is 0 Å². The lowest BCUT2D eigenvalue weighted by molar-refractivity contribution is 0.0334. The highest BCUT2D eigenvalue weighted by Crippen LogP contribution is 2.25. The number of hydrogen-bond acceptors (Lipinski definition) is 3. The molecule has 0 saturated heterocycles. The van der Waals surface area contributed by atoms with Gasteiger partial charge in [-0.05, 0) is 42.8 Å². The summed E-state index contributed by atoms with van der Waals surface area (Å²) in [5.41, 5.74) is 0.752. The molecule has 0 aromatic heterocycles. The number of rotatable bonds is 3. The quantitative estimate of drug-likeness (QED) is 0.852. The van der Waals surface area contributed by atoms with Crippen LogP contribution in [0.1, 0.15) is 28.9 Å². The molecule has 0 amide bonds. The molecule has 0 aliphatic carbocycles. The molecular weight excluding hydrogens is 327 g/mol. The normalized spacial score (nSPS) is 11.9. The predicted molar refractivity (Wildman–Crippen MR) is 76.0 cm³/mol. The molecule has 0 spiro atoms. The number of carbonyl (C=O) groups is 1. The first-order valence-corrected chi connectivity index (χ1v) is 6.71. The maximum absolute atomic E-state index is 12.8. The molecule has 0 fully saturated rings. The number of hydrogen-bond donors (Lipinski definition) is 1. The van der Waals surface area contributed by atoms with Gasteiger partial charge in [-0.15, -0.1) is 0 Å². The lowest BCUT2D eigenvalue weighted by Crippen LogP contribution is -2.09. The fourth-order valence-electron chi connectivity index (χ4n) is 1.70. The second-order valence-electron chi connectivity index (χ2n) is 4.26. The molecule has 0 saturated carbocycles. The number of phenols is 1. The van der Waals surface area contributed by atoms with Crippen LogP contribution >= 0.6 is 15.9 Å². The number of ether oxygens (including phenoxy) is 1. The van der Waals surface area contributed by atoms with E-state index in [9.17, 15) is 14.3 Å². The fourth-order valence-corrected chi connectivity index (χ4v) is 2.06. The van der Waals surface area contributed by atoms with E-state index < -0.39 is 12.1 Å². The SMILES string of the molecule is C[C@H](OC(=O)c1cc(Br)ccc1O)c1ccc(F)cc1. The van der Waals surface area contributed by atoms with Gasteiger partial charge in [0.05, 0.1) is 0 Å². The zero-order valence-electron chi connectivity index (χ0n) is 10.6. The van der Waals surface area contributed by atoms with Gasteiger partial charge < -0.3 is 9.84 Å². The molecule has 1 atom stereocenters. The minimum Gasteiger partial charge on any atom is -0.507 e. The van der Waals surface area contributed by atoms with Crippen LogP contribution in [0.2, 0.25) is 0 Å². The molecule has 0 aliphatic heterocycles. The summed E-state index contributed by atoms with van der Waals surface area (Å²) in [5, 5.41) is 9.65. The first kappa shape index (κ1) is 14.5. The highest BCUT2D eigenvalue weighted by molar-refractivity contribution is 9.10. The van der Waals surface area contributed by atoms with Gasteiger partial charge in [0, 0.05) is 4.47 Å². The van der Waals surface area contributed by atoms with Crippen LogP contribution < -0.4 is 0 Å². The fraction of sp³-hybridized carbons (Fsp3) is 0.133. The molecule has 104 valence electrons. The highest BCUT2D eigenvalue weighted by Gasteiger charge is 2.17. The van der Waals surface area contributed by atoms with Crippen molar-refractivity contribution in [3.05, 3.63) is 63.9 Å². The molecule has 0 aliphatic rings. The lowest BCUT2D eigenvalue weighted by atomic mass is 10.1. The van der Waals surface area contributed by atoms with Crippen molar-refractivity contribution < 1.29 is 19.0 Å². The molecule has 2 rings (SSSR count). The smallest absolute Gasteiger partial charge is 0.342 e. The molecule has 3 nitrogen and oxygen atoms in total. The summed E-state index contributed by atoms with van der Waals surface area (Å²) in [6.07, 6.45) is -0.540. The van der Waals surface area contributed by atoms with E-state index in [2.05, 4.69) is 15.9 Å². The molecule has 2 aromatic rings. The summed E-state index contributed by atoms with van der Waals surface area (Å²) >= 11 is 3.22. The van der Waals surface area contributed by atoms with Crippen molar-refractivity contribution in [3.8, 4) is 5.75 Å². The van der Waals surface area contributed by atoms with E-state index in [-0.39, 0.29) is 17.1 Å². The monoisotopic (exact) mass is 338 g/mol. The van der Waals surface area contributed by atoms with Crippen LogP contribution in [0.4, 0.5) is 4.39 Å². The minimum atomic E-state index is -0.638. The van der Waals surface area contributed by atoms with E-state index in [1.165, 1.54) is 24.3 Å². The van der Waals surface area contributed by atoms with Crippen LogP contribution in [-0.2, 0) is 4.74 Å². The molecule has 0 unspecified atom stereocenters. The third-order valence-corrected chi connectivity index (χ3v) is 3.30. The first-order chi connectivity index (χ1) is 9.47. The summed E-state index contributed by atoms with van der Waals surface area (Å²) in [6.45, 7) is 1.68. The Labute approximate surface area is 124 Å². The molecule has 20 heavy (non-hydrogen) atoms. The van der Waals surface area contributed by atoms with Gasteiger partial charge in [-0.25, -0.2) is 9.18 Å². The number of phenolic OH excluding ortho intramolecular Hbond substituents is 1. The van der Waals surface area contributed by atoms with Gasteiger partial charge in [0.15, 0.2) is 0 Å². The van der Waals surface area contributed by atoms with E-state index in [0.717, 1.165) is 0 Å². The lowest BCUT2D eigenvalue weighted by Gasteiger charge is -2.14. The van der Waals surface area contributed by atoms with Gasteiger partial charge in [0.25, 0.3) is 0 Å². The van der Waals surface area contributed by atoms with Gasteiger partial charge in [-0.2, -0.15) is 0 Å². The Morgan fingerprint density at radius 3 is 2.55 bits per heavy atom. The zero-order valence-corrected chi connectivity index (χ0v) is 12.2. The second-order valence-corrected chi connectivity index (χ2v) is 5.18. The van der Waals surface area contributed by atoms with Crippen LogP contribution in [0.25, 0.3) is 0 Å². The Balaban J connectivity index is 2.15. The highest BCUT2D eigenvalue weighted by atomic mass is 79.9. The van der Waals surface area contributed by atoms with Gasteiger partial charge in [0.2, 0.25) is 0 Å². The van der Waals surface area contributed by atoms with Crippen LogP contribution in [0, 0.1) is 5.82 Å². The molecular formula is C15H12BrFO3. The second kappa shape index (κ2) is 6.05. The molecule has 1 N–H and O–H groups in total. The van der Waals surface area contributed by atoms with Crippen molar-refractivity contribution in [2.75, 3.05) is 0 Å². The zero-order chi connectivity index (χ0) is 14.7. The van der Waals surface area contributed by atoms with Crippen LogP contribution in [0.5, 0.6) is 5.75 Å². The summed E-state index contributed by atoms with van der Waals surface area (Å²) in [7, 11) is 0. The summed E-state index contributed by atoms with van der Waals surface area (Å²) in [5.74, 6) is -1.14. The third kappa shape index (κ3) is 3.36. The van der Waals surface area contributed by atoms with E-state index in [1.807, 2.05) is 0 Å². The average molecular weight is 339 g/mol. The number of esters is 1. The van der Waals surface area contributed by atoms with Crippen molar-refractivity contribution >= 4 is 21.9 Å². The summed E-state index contributed by atoms with van der Waals surface area (Å²) < 4.78 is 18.7. The molecule has 0 heterocycles. The van der Waals surface area contributed by atoms with Crippen LogP contribution in [0.3, 0.4) is 0 Å². The van der Waals surface area contributed by atoms with Crippen molar-refractivity contribution in [2.24, 2.45) is 0 Å². The first-order valence-electron chi connectivity index (χ1n) is 5.92. The maximum atomic E-state index is 12.8. The Hall–Kier alpha value is -1.88. The van der Waals surface area contributed by atoms with Crippen LogP contribution in [-0.4, -0.2) is 11.1 Å². The largest absolute Gasteiger partial charge is 0.507 e. The van der Waals surface area contributed by atoms with Crippen molar-refractivity contribution in [3.63, 3.8) is 0 Å². The van der Waals surface area contributed by atoms with E-state index in [0.29, 0.717) is 10.0 Å². The third-order valence-electron chi connectivity index (χ3n) is 2.80. The van der Waals surface area contributed by atoms with E-state index in [1.54, 1.807) is 25.1 Å². The number of benzene rings is 2. The van der Waals surface area contributed by atoms with Gasteiger partial charge in [-0.1, -0.05) is 28.1 Å². The predicted octanol–water partition coefficient (Wildman–Crippen LogP) is 4.21. The van der Waals surface area contributed by atoms with Gasteiger partial charge >= 0.3 is 5.97 Å². The maximum Gasteiger partial charge on any atom is 0.342 e. The Morgan fingerprint density at radius 2 is 1.90 bits per heavy atom. The number of aromatic hydroxyl groups is 1. The summed E-state index contributed by atoms with van der Waals surface area (Å²) in [4.78, 5) is 12.0. The molecule has 0 radical (unpaired) electrons. The van der Waals surface area contributed by atoms with E-state index in [4.69, 9.17) is 4.74 Å². The van der Waals surface area contributed by atoms with Crippen molar-refractivity contribution in [2.45, 2.75) is 13.0 Å². The van der Waals surface area contributed by atoms with Crippen molar-refractivity contribution in [1.29, 1.82) is 0 Å². The standard InChI is InChI=1S/C15H12BrFO3/c1-9(10-2-5-12(17)6-3-10)20-15(19)13-8-11(16)4-7-14(13)18/h2-9,18H,1H3/t9-/m0/s1. The van der Waals surface area contributed by atoms with Crippen LogP contribution in [0.15, 0.2) is 46.9 Å². The Bertz CT molecular complexity index is 626. The van der Waals surface area contributed by atoms with Gasteiger partial charge in [-0.3, -0.25) is 0 Å². The van der Waals surface area contributed by atoms with Crippen molar-refractivity contribution in [1.82, 2.24) is 0 Å².